The maximum absolute atomic E-state index is 14.4. The van der Waals surface area contributed by atoms with Crippen LogP contribution in [0.15, 0.2) is 109 Å². The van der Waals surface area contributed by atoms with E-state index >= 15 is 0 Å². The molecule has 2 aromatic heterocycles. The maximum atomic E-state index is 14.4. The maximum Gasteiger partial charge on any atom is 0.243 e. The topological polar surface area (TPSA) is 115 Å². The molecule has 2 amide bonds. The third kappa shape index (κ3) is 6.43. The molecule has 5 N–H and O–H groups in total. The van der Waals surface area contributed by atoms with E-state index in [0.29, 0.717) is 18.7 Å². The average Bonchev–Trinajstić information content (AvgIpc) is 3.77. The Labute approximate surface area is 268 Å². The Hall–Kier alpha value is -5.21. The van der Waals surface area contributed by atoms with Crippen molar-refractivity contribution >= 4 is 33.5 Å². The average molecular weight is 611 g/mol. The van der Waals surface area contributed by atoms with Gasteiger partial charge in [0, 0.05) is 47.6 Å². The van der Waals surface area contributed by atoms with Crippen molar-refractivity contribution in [2.45, 2.75) is 37.8 Å². The summed E-state index contributed by atoms with van der Waals surface area (Å²) in [6, 6.07) is 31.2. The second-order valence-corrected chi connectivity index (χ2v) is 12.1. The minimum atomic E-state index is -0.762. The molecule has 0 aliphatic carbocycles. The molecule has 1 aliphatic rings. The first kappa shape index (κ1) is 29.5. The number of H-pyrrole nitrogens is 2. The number of hydrogen-bond acceptors (Lipinski definition) is 4. The summed E-state index contributed by atoms with van der Waals surface area (Å²) in [5.74, 6) is 0.229. The van der Waals surface area contributed by atoms with Crippen molar-refractivity contribution < 1.29 is 9.59 Å². The zero-order chi connectivity index (χ0) is 31.3. The van der Waals surface area contributed by atoms with Crippen LogP contribution in [0.1, 0.15) is 35.8 Å². The summed E-state index contributed by atoms with van der Waals surface area (Å²) in [5.41, 5.74) is 4.92. The van der Waals surface area contributed by atoms with E-state index in [1.807, 2.05) is 85.2 Å². The van der Waals surface area contributed by atoms with E-state index < -0.39 is 12.1 Å². The highest BCUT2D eigenvalue weighted by atomic mass is 16.2. The number of benzene rings is 4. The van der Waals surface area contributed by atoms with Crippen LogP contribution in [0.25, 0.3) is 32.9 Å². The number of carbonyl (C=O) groups is 2. The van der Waals surface area contributed by atoms with Gasteiger partial charge in [0.15, 0.2) is 0 Å². The smallest absolute Gasteiger partial charge is 0.243 e. The molecule has 0 unspecified atom stereocenters. The fraction of sp³-hybridized carbons (Fsp3) is 0.237. The number of carbonyl (C=O) groups excluding carboxylic acids is 2. The molecule has 7 rings (SSSR count). The van der Waals surface area contributed by atoms with Crippen molar-refractivity contribution in [3.63, 3.8) is 0 Å². The lowest BCUT2D eigenvalue weighted by atomic mass is 9.95. The van der Waals surface area contributed by atoms with E-state index in [9.17, 15) is 9.59 Å². The summed E-state index contributed by atoms with van der Waals surface area (Å²) in [4.78, 5) is 39.6. The molecule has 232 valence electrons. The van der Waals surface area contributed by atoms with Gasteiger partial charge >= 0.3 is 0 Å². The lowest BCUT2D eigenvalue weighted by Gasteiger charge is -2.27. The van der Waals surface area contributed by atoms with Gasteiger partial charge in [-0.25, -0.2) is 4.98 Å². The molecule has 6 aromatic rings. The number of nitrogens with one attached hydrogen (secondary N) is 5. The minimum absolute atomic E-state index is 0.0700. The standard InChI is InChI=1S/C38H38N6O2/c45-37(27-17-19-39-20-18-27)44-34(21-28-13-8-12-25-9-4-5-14-30(25)28)38(46)43-33(22-29-23-40-32-16-7-6-15-31(29)32)36-41-24-35(42-36)26-10-2-1-3-11-26/h1-16,23-24,27,33-34,39-40H,17-22H2,(H,41,42)(H,43,46)(H,44,45)/t33-,34-/m1/s1. The molecule has 8 nitrogen and oxygen atoms in total. The number of aromatic amines is 2. The van der Waals surface area contributed by atoms with E-state index in [1.165, 1.54) is 0 Å². The highest BCUT2D eigenvalue weighted by molar-refractivity contribution is 5.91. The normalized spacial score (nSPS) is 15.0. The van der Waals surface area contributed by atoms with Crippen LogP contribution in [0.3, 0.4) is 0 Å². The third-order valence-corrected chi connectivity index (χ3v) is 9.06. The summed E-state index contributed by atoms with van der Waals surface area (Å²) < 4.78 is 0. The number of piperidine rings is 1. The van der Waals surface area contributed by atoms with Crippen LogP contribution in [0.5, 0.6) is 0 Å². The Morgan fingerprint density at radius 3 is 2.33 bits per heavy atom. The predicted molar refractivity (Wildman–Crippen MR) is 182 cm³/mol. The van der Waals surface area contributed by atoms with Crippen LogP contribution >= 0.6 is 0 Å². The van der Waals surface area contributed by atoms with Gasteiger partial charge in [-0.2, -0.15) is 0 Å². The van der Waals surface area contributed by atoms with Crippen LogP contribution in [-0.2, 0) is 22.4 Å². The molecule has 0 spiro atoms. The van der Waals surface area contributed by atoms with Crippen molar-refractivity contribution in [3.8, 4) is 11.3 Å². The number of amides is 2. The van der Waals surface area contributed by atoms with Gasteiger partial charge in [0.05, 0.1) is 11.7 Å². The fourth-order valence-corrected chi connectivity index (χ4v) is 6.55. The molecule has 0 saturated carbocycles. The van der Waals surface area contributed by atoms with Gasteiger partial charge in [0.1, 0.15) is 11.9 Å². The number of aromatic nitrogens is 3. The van der Waals surface area contributed by atoms with Crippen molar-refractivity contribution in [1.82, 2.24) is 30.9 Å². The number of hydrogen-bond donors (Lipinski definition) is 5. The molecule has 46 heavy (non-hydrogen) atoms. The van der Waals surface area contributed by atoms with Crippen LogP contribution in [0.2, 0.25) is 0 Å². The lowest BCUT2D eigenvalue weighted by Crippen LogP contribution is -2.51. The second-order valence-electron chi connectivity index (χ2n) is 12.1. The zero-order valence-corrected chi connectivity index (χ0v) is 25.6. The van der Waals surface area contributed by atoms with E-state index in [1.54, 1.807) is 0 Å². The Balaban J connectivity index is 1.21. The Morgan fingerprint density at radius 1 is 0.739 bits per heavy atom. The molecule has 1 aliphatic heterocycles. The Bertz CT molecular complexity index is 1950. The molecule has 1 saturated heterocycles. The van der Waals surface area contributed by atoms with Crippen LogP contribution in [0, 0.1) is 5.92 Å². The van der Waals surface area contributed by atoms with Crippen molar-refractivity contribution in [2.75, 3.05) is 13.1 Å². The largest absolute Gasteiger partial charge is 0.361 e. The predicted octanol–water partition coefficient (Wildman–Crippen LogP) is 5.84. The minimum Gasteiger partial charge on any atom is -0.361 e. The van der Waals surface area contributed by atoms with Crippen LogP contribution < -0.4 is 16.0 Å². The van der Waals surface area contributed by atoms with Crippen molar-refractivity contribution in [3.05, 3.63) is 126 Å². The van der Waals surface area contributed by atoms with Gasteiger partial charge in [-0.15, -0.1) is 0 Å². The van der Waals surface area contributed by atoms with E-state index in [0.717, 1.165) is 70.0 Å². The van der Waals surface area contributed by atoms with Gasteiger partial charge in [-0.3, -0.25) is 9.59 Å². The molecule has 2 atom stereocenters. The SMILES string of the molecule is O=C(N[C@H](Cc1cccc2ccccc12)C(=O)N[C@H](Cc1c[nH]c2ccccc12)c1nc(-c2ccccc2)c[nH]1)C1CCNCC1. The summed E-state index contributed by atoms with van der Waals surface area (Å²) >= 11 is 0. The molecule has 4 aromatic carbocycles. The molecule has 8 heteroatoms. The molecule has 0 bridgehead atoms. The summed E-state index contributed by atoms with van der Waals surface area (Å²) in [5, 5.41) is 13.1. The summed E-state index contributed by atoms with van der Waals surface area (Å²) in [6.45, 7) is 1.60. The van der Waals surface area contributed by atoms with Crippen molar-refractivity contribution in [2.24, 2.45) is 5.92 Å². The first-order valence-electron chi connectivity index (χ1n) is 16.1. The zero-order valence-electron chi connectivity index (χ0n) is 25.6. The third-order valence-electron chi connectivity index (χ3n) is 9.06. The molecule has 3 heterocycles. The second kappa shape index (κ2) is 13.4. The van der Waals surface area contributed by atoms with Gasteiger partial charge in [-0.05, 0) is 53.9 Å². The molecule has 0 radical (unpaired) electrons. The summed E-state index contributed by atoms with van der Waals surface area (Å²) in [7, 11) is 0. The fourth-order valence-electron chi connectivity index (χ4n) is 6.55. The van der Waals surface area contributed by atoms with Crippen LogP contribution in [0.4, 0.5) is 0 Å². The lowest BCUT2D eigenvalue weighted by molar-refractivity contribution is -0.132. The van der Waals surface area contributed by atoms with Crippen LogP contribution in [-0.4, -0.2) is 45.9 Å². The highest BCUT2D eigenvalue weighted by Crippen LogP contribution is 2.26. The van der Waals surface area contributed by atoms with Crippen molar-refractivity contribution in [1.29, 1.82) is 0 Å². The van der Waals surface area contributed by atoms with Gasteiger partial charge in [0.2, 0.25) is 11.8 Å². The number of nitrogens with zero attached hydrogens (tertiary/aromatic N) is 1. The number of imidazole rings is 1. The first-order chi connectivity index (χ1) is 22.6. The number of fused-ring (bicyclic) bond motifs is 2. The van der Waals surface area contributed by atoms with E-state index in [2.05, 4.69) is 50.2 Å². The number of para-hydroxylation sites is 1. The first-order valence-corrected chi connectivity index (χ1v) is 16.1. The van der Waals surface area contributed by atoms with Gasteiger partial charge in [-0.1, -0.05) is 91.0 Å². The monoisotopic (exact) mass is 610 g/mol. The van der Waals surface area contributed by atoms with E-state index in [4.69, 9.17) is 4.98 Å². The number of rotatable bonds is 10. The highest BCUT2D eigenvalue weighted by Gasteiger charge is 2.30. The van der Waals surface area contributed by atoms with Gasteiger partial charge in [0.25, 0.3) is 0 Å². The van der Waals surface area contributed by atoms with E-state index in [-0.39, 0.29) is 17.7 Å². The Morgan fingerprint density at radius 2 is 1.48 bits per heavy atom. The summed E-state index contributed by atoms with van der Waals surface area (Å²) in [6.07, 6.45) is 6.28. The quantitative estimate of drug-likeness (QED) is 0.134. The molecule has 1 fully saturated rings. The molecular formula is C38H38N6O2. The molecular weight excluding hydrogens is 572 g/mol. The van der Waals surface area contributed by atoms with Gasteiger partial charge < -0.3 is 25.9 Å². The Kier molecular flexibility index (Phi) is 8.61.